The maximum absolute atomic E-state index is 12.9. The average molecular weight is 430 g/mol. The smallest absolute Gasteiger partial charge is 0.416 e. The molecule has 0 spiro atoms. The summed E-state index contributed by atoms with van der Waals surface area (Å²) in [5.74, 6) is -0.357. The lowest BCUT2D eigenvalue weighted by atomic mass is 10.1. The summed E-state index contributed by atoms with van der Waals surface area (Å²) in [5, 5.41) is 2.38. The molecule has 0 bridgehead atoms. The topological polar surface area (TPSA) is 75.7 Å². The van der Waals surface area contributed by atoms with Crippen molar-refractivity contribution in [1.82, 2.24) is 0 Å². The second-order valence-electron chi connectivity index (χ2n) is 6.25. The SMILES string of the molecule is CC[C@@H](C(=O)Nc1cccc(C(F)(F)F)c1)N(c1cccc(OC)c1)S(C)(=O)=O. The standard InChI is InChI=1S/C19H21F3N2O4S/c1-4-17(18(25)23-14-8-5-7-13(11-14)19(20,21)22)24(29(3,26)27)15-9-6-10-16(12-15)28-2/h5-12,17H,4H2,1-3H3,(H,23,25)/t17-/m0/s1. The van der Waals surface area contributed by atoms with E-state index in [-0.39, 0.29) is 17.8 Å². The summed E-state index contributed by atoms with van der Waals surface area (Å²) in [6, 6.07) is 9.12. The van der Waals surface area contributed by atoms with E-state index < -0.39 is 33.7 Å². The summed E-state index contributed by atoms with van der Waals surface area (Å²) >= 11 is 0. The molecule has 0 aliphatic carbocycles. The van der Waals surface area contributed by atoms with Crippen molar-refractivity contribution in [3.63, 3.8) is 0 Å². The van der Waals surface area contributed by atoms with Gasteiger partial charge in [-0.05, 0) is 36.8 Å². The van der Waals surface area contributed by atoms with Gasteiger partial charge in [0.15, 0.2) is 0 Å². The molecule has 2 rings (SSSR count). The van der Waals surface area contributed by atoms with Gasteiger partial charge in [-0.1, -0.05) is 19.1 Å². The maximum atomic E-state index is 12.9. The van der Waals surface area contributed by atoms with Crippen molar-refractivity contribution in [3.05, 3.63) is 54.1 Å². The zero-order chi connectivity index (χ0) is 21.8. The molecule has 0 heterocycles. The number of rotatable bonds is 7. The molecule has 0 aliphatic rings. The molecule has 0 aliphatic heterocycles. The number of halogens is 3. The number of alkyl halides is 3. The number of anilines is 2. The Morgan fingerprint density at radius 3 is 2.38 bits per heavy atom. The van der Waals surface area contributed by atoms with Crippen LogP contribution in [0.1, 0.15) is 18.9 Å². The molecule has 158 valence electrons. The minimum atomic E-state index is -4.57. The van der Waals surface area contributed by atoms with Crippen molar-refractivity contribution >= 4 is 27.3 Å². The quantitative estimate of drug-likeness (QED) is 0.723. The van der Waals surface area contributed by atoms with Crippen LogP contribution < -0.4 is 14.4 Å². The molecule has 29 heavy (non-hydrogen) atoms. The Bertz CT molecular complexity index is 977. The first-order chi connectivity index (χ1) is 13.5. The van der Waals surface area contributed by atoms with Crippen LogP contribution in [-0.2, 0) is 21.0 Å². The fraction of sp³-hybridized carbons (Fsp3) is 0.316. The summed E-state index contributed by atoms with van der Waals surface area (Å²) in [5.41, 5.74) is -0.795. The van der Waals surface area contributed by atoms with Gasteiger partial charge in [-0.25, -0.2) is 8.42 Å². The highest BCUT2D eigenvalue weighted by atomic mass is 32.2. The first-order valence-electron chi connectivity index (χ1n) is 8.59. The average Bonchev–Trinajstić information content (AvgIpc) is 2.64. The molecule has 0 radical (unpaired) electrons. The lowest BCUT2D eigenvalue weighted by molar-refractivity contribution is -0.137. The first-order valence-corrected chi connectivity index (χ1v) is 10.4. The van der Waals surface area contributed by atoms with E-state index in [0.29, 0.717) is 5.75 Å². The van der Waals surface area contributed by atoms with Crippen molar-refractivity contribution < 1.29 is 31.1 Å². The molecule has 1 amide bonds. The molecule has 1 atom stereocenters. The summed E-state index contributed by atoms with van der Waals surface area (Å²) in [4.78, 5) is 12.8. The van der Waals surface area contributed by atoms with E-state index in [9.17, 15) is 26.4 Å². The van der Waals surface area contributed by atoms with Crippen molar-refractivity contribution in [2.24, 2.45) is 0 Å². The number of benzene rings is 2. The maximum Gasteiger partial charge on any atom is 0.416 e. The molecule has 1 N–H and O–H groups in total. The number of hydrogen-bond donors (Lipinski definition) is 1. The predicted octanol–water partition coefficient (Wildman–Crippen LogP) is 3.90. The molecule has 0 saturated carbocycles. The normalized spacial score (nSPS) is 12.9. The monoisotopic (exact) mass is 430 g/mol. The highest BCUT2D eigenvalue weighted by molar-refractivity contribution is 7.92. The summed E-state index contributed by atoms with van der Waals surface area (Å²) < 4.78 is 69.6. The van der Waals surface area contributed by atoms with Crippen molar-refractivity contribution in [2.45, 2.75) is 25.6 Å². The van der Waals surface area contributed by atoms with Gasteiger partial charge >= 0.3 is 6.18 Å². The molecular weight excluding hydrogens is 409 g/mol. The molecular formula is C19H21F3N2O4S. The van der Waals surface area contributed by atoms with E-state index in [1.54, 1.807) is 19.1 Å². The Kier molecular flexibility index (Phi) is 6.78. The second-order valence-corrected chi connectivity index (χ2v) is 8.11. The third-order valence-corrected chi connectivity index (χ3v) is 5.27. The van der Waals surface area contributed by atoms with Crippen LogP contribution in [0.3, 0.4) is 0 Å². The van der Waals surface area contributed by atoms with Crippen LogP contribution in [0.15, 0.2) is 48.5 Å². The lowest BCUT2D eigenvalue weighted by Gasteiger charge is -2.30. The fourth-order valence-electron chi connectivity index (χ4n) is 2.81. The molecule has 2 aromatic carbocycles. The van der Waals surface area contributed by atoms with Crippen LogP contribution in [0.5, 0.6) is 5.75 Å². The van der Waals surface area contributed by atoms with E-state index in [1.165, 1.54) is 25.3 Å². The zero-order valence-electron chi connectivity index (χ0n) is 16.0. The number of nitrogens with zero attached hydrogens (tertiary/aromatic N) is 1. The number of carbonyl (C=O) groups excluding carboxylic acids is 1. The largest absolute Gasteiger partial charge is 0.497 e. The van der Waals surface area contributed by atoms with E-state index in [2.05, 4.69) is 5.32 Å². The number of sulfonamides is 1. The van der Waals surface area contributed by atoms with Gasteiger partial charge < -0.3 is 10.1 Å². The van der Waals surface area contributed by atoms with E-state index in [4.69, 9.17) is 4.74 Å². The van der Waals surface area contributed by atoms with Gasteiger partial charge in [0, 0.05) is 11.8 Å². The van der Waals surface area contributed by atoms with Gasteiger partial charge in [0.05, 0.1) is 24.6 Å². The van der Waals surface area contributed by atoms with Crippen LogP contribution >= 0.6 is 0 Å². The van der Waals surface area contributed by atoms with Gasteiger partial charge in [0.25, 0.3) is 0 Å². The van der Waals surface area contributed by atoms with Crippen LogP contribution in [0.4, 0.5) is 24.5 Å². The highest BCUT2D eigenvalue weighted by Gasteiger charge is 2.33. The highest BCUT2D eigenvalue weighted by Crippen LogP contribution is 2.31. The third kappa shape index (κ3) is 5.63. The van der Waals surface area contributed by atoms with Crippen LogP contribution in [-0.4, -0.2) is 33.7 Å². The summed E-state index contributed by atoms with van der Waals surface area (Å²) in [7, 11) is -2.47. The van der Waals surface area contributed by atoms with Gasteiger partial charge in [0.2, 0.25) is 15.9 Å². The van der Waals surface area contributed by atoms with E-state index in [1.807, 2.05) is 0 Å². The first kappa shape index (κ1) is 22.5. The van der Waals surface area contributed by atoms with Gasteiger partial charge in [-0.3, -0.25) is 9.10 Å². The predicted molar refractivity (Wildman–Crippen MR) is 104 cm³/mol. The van der Waals surface area contributed by atoms with Crippen LogP contribution in [0.2, 0.25) is 0 Å². The molecule has 0 unspecified atom stereocenters. The molecule has 0 fully saturated rings. The van der Waals surface area contributed by atoms with Gasteiger partial charge in [-0.15, -0.1) is 0 Å². The summed E-state index contributed by atoms with van der Waals surface area (Å²) in [6.45, 7) is 1.61. The van der Waals surface area contributed by atoms with Gasteiger partial charge in [0.1, 0.15) is 11.8 Å². The Morgan fingerprint density at radius 2 is 1.83 bits per heavy atom. The third-order valence-electron chi connectivity index (χ3n) is 4.09. The minimum absolute atomic E-state index is 0.0811. The second kappa shape index (κ2) is 8.73. The van der Waals surface area contributed by atoms with Crippen molar-refractivity contribution in [2.75, 3.05) is 23.0 Å². The molecule has 2 aromatic rings. The Hall–Kier alpha value is -2.75. The summed E-state index contributed by atoms with van der Waals surface area (Å²) in [6.07, 6.45) is -3.52. The Balaban J connectivity index is 2.39. The van der Waals surface area contributed by atoms with Crippen molar-refractivity contribution in [1.29, 1.82) is 0 Å². The number of hydrogen-bond acceptors (Lipinski definition) is 4. The molecule has 0 aromatic heterocycles. The number of amides is 1. The minimum Gasteiger partial charge on any atom is -0.497 e. The Labute approximate surface area is 167 Å². The number of nitrogens with one attached hydrogen (secondary N) is 1. The van der Waals surface area contributed by atoms with Crippen LogP contribution in [0.25, 0.3) is 0 Å². The zero-order valence-corrected chi connectivity index (χ0v) is 16.8. The van der Waals surface area contributed by atoms with E-state index >= 15 is 0 Å². The molecule has 6 nitrogen and oxygen atoms in total. The Morgan fingerprint density at radius 1 is 1.17 bits per heavy atom. The lowest BCUT2D eigenvalue weighted by Crippen LogP contribution is -2.47. The van der Waals surface area contributed by atoms with Gasteiger partial charge in [-0.2, -0.15) is 13.2 Å². The number of ether oxygens (including phenoxy) is 1. The van der Waals surface area contributed by atoms with Crippen molar-refractivity contribution in [3.8, 4) is 5.75 Å². The molecule has 0 saturated heterocycles. The van der Waals surface area contributed by atoms with Crippen LogP contribution in [0, 0.1) is 0 Å². The number of carbonyl (C=O) groups is 1. The number of methoxy groups -OCH3 is 1. The molecule has 10 heteroatoms. The van der Waals surface area contributed by atoms with E-state index in [0.717, 1.165) is 28.8 Å². The fourth-order valence-corrected chi connectivity index (χ4v) is 4.01.